The van der Waals surface area contributed by atoms with E-state index in [2.05, 4.69) is 27.7 Å². The highest BCUT2D eigenvalue weighted by Gasteiger charge is 2.28. The van der Waals surface area contributed by atoms with Gasteiger partial charge in [0.1, 0.15) is 0 Å². The second kappa shape index (κ2) is 3.37. The van der Waals surface area contributed by atoms with Crippen LogP contribution in [0, 0.1) is 0 Å². The molecule has 0 spiro atoms. The summed E-state index contributed by atoms with van der Waals surface area (Å²) in [6.45, 7) is 0. The van der Waals surface area contributed by atoms with Gasteiger partial charge in [-0.2, -0.15) is 4.99 Å². The van der Waals surface area contributed by atoms with E-state index in [0.717, 1.165) is 0 Å². The van der Waals surface area contributed by atoms with E-state index in [1.54, 1.807) is 18.5 Å². The van der Waals surface area contributed by atoms with Crippen LogP contribution in [0.25, 0.3) is 0 Å². The third-order valence-corrected chi connectivity index (χ3v) is 2.15. The van der Waals surface area contributed by atoms with Gasteiger partial charge in [0.05, 0.1) is 10.2 Å². The summed E-state index contributed by atoms with van der Waals surface area (Å²) in [4.78, 5) is 2.65. The second-order valence-corrected chi connectivity index (χ2v) is 3.03. The molecule has 0 aromatic rings. The number of alkyl halides is 1. The Morgan fingerprint density at radius 1 is 1.73 bits per heavy atom. The molecular formula is C6H4Cl2N2S. The van der Waals surface area contributed by atoms with Gasteiger partial charge >= 0.3 is 0 Å². The largest absolute Gasteiger partial charge is 0.367 e. The number of rotatable bonds is 1. The average Bonchev–Trinajstić information content (AvgIpc) is 1.96. The molecule has 1 unspecified atom stereocenters. The SMILES string of the molecule is S=C=NC1(Cl)C=CNC=C1Cl. The molecule has 0 aromatic carbocycles. The summed E-state index contributed by atoms with van der Waals surface area (Å²) in [6.07, 6.45) is 4.77. The molecule has 0 amide bonds. The molecule has 1 atom stereocenters. The molecule has 1 N–H and O–H groups in total. The Morgan fingerprint density at radius 2 is 2.45 bits per heavy atom. The molecule has 1 aliphatic heterocycles. The molecule has 0 aliphatic carbocycles. The van der Waals surface area contributed by atoms with Crippen molar-refractivity contribution in [3.63, 3.8) is 0 Å². The van der Waals surface area contributed by atoms with Crippen LogP contribution in [0.5, 0.6) is 0 Å². The van der Waals surface area contributed by atoms with Crippen LogP contribution in [0.15, 0.2) is 28.5 Å². The highest BCUT2D eigenvalue weighted by molar-refractivity contribution is 7.78. The van der Waals surface area contributed by atoms with E-state index in [9.17, 15) is 0 Å². The van der Waals surface area contributed by atoms with Gasteiger partial charge in [-0.15, -0.1) is 0 Å². The molecule has 1 aliphatic rings. The molecule has 5 heteroatoms. The van der Waals surface area contributed by atoms with Crippen LogP contribution in [0.3, 0.4) is 0 Å². The van der Waals surface area contributed by atoms with Crippen LogP contribution in [-0.2, 0) is 0 Å². The monoisotopic (exact) mass is 206 g/mol. The highest BCUT2D eigenvalue weighted by Crippen LogP contribution is 2.32. The Kier molecular flexibility index (Phi) is 2.68. The summed E-state index contributed by atoms with van der Waals surface area (Å²) >= 11 is 16.1. The number of hydrogen-bond donors (Lipinski definition) is 1. The van der Waals surface area contributed by atoms with E-state index in [1.807, 2.05) is 0 Å². The van der Waals surface area contributed by atoms with Crippen LogP contribution >= 0.6 is 35.4 Å². The van der Waals surface area contributed by atoms with Crippen molar-refractivity contribution in [1.82, 2.24) is 5.32 Å². The maximum Gasteiger partial charge on any atom is 0.200 e. The molecule has 0 saturated carbocycles. The number of isothiocyanates is 1. The number of thiocarbonyl (C=S) groups is 1. The highest BCUT2D eigenvalue weighted by atomic mass is 35.5. The lowest BCUT2D eigenvalue weighted by Crippen LogP contribution is -2.21. The zero-order valence-corrected chi connectivity index (χ0v) is 7.67. The smallest absolute Gasteiger partial charge is 0.200 e. The van der Waals surface area contributed by atoms with Crippen molar-refractivity contribution < 1.29 is 0 Å². The van der Waals surface area contributed by atoms with Gasteiger partial charge < -0.3 is 5.32 Å². The van der Waals surface area contributed by atoms with E-state index in [4.69, 9.17) is 23.2 Å². The Bertz CT molecular complexity index is 268. The van der Waals surface area contributed by atoms with Crippen LogP contribution in [-0.4, -0.2) is 10.2 Å². The van der Waals surface area contributed by atoms with Gasteiger partial charge in [-0.3, -0.25) is 0 Å². The van der Waals surface area contributed by atoms with Gasteiger partial charge in [0.2, 0.25) is 5.00 Å². The number of aliphatic imine (C=N–C) groups is 1. The molecule has 0 aromatic heterocycles. The number of halogens is 2. The van der Waals surface area contributed by atoms with Crippen molar-refractivity contribution >= 4 is 40.6 Å². The minimum absolute atomic E-state index is 0.374. The van der Waals surface area contributed by atoms with Crippen molar-refractivity contribution in [1.29, 1.82) is 0 Å². The third-order valence-electron chi connectivity index (χ3n) is 1.15. The van der Waals surface area contributed by atoms with E-state index < -0.39 is 5.00 Å². The lowest BCUT2D eigenvalue weighted by atomic mass is 10.2. The predicted molar refractivity (Wildman–Crippen MR) is 49.8 cm³/mol. The summed E-state index contributed by atoms with van der Waals surface area (Å²) in [5.74, 6) is 0. The van der Waals surface area contributed by atoms with Crippen molar-refractivity contribution in [2.75, 3.05) is 0 Å². The molecule has 0 radical (unpaired) electrons. The normalized spacial score (nSPS) is 28.4. The molecule has 0 bridgehead atoms. The fourth-order valence-electron chi connectivity index (χ4n) is 0.618. The summed E-state index contributed by atoms with van der Waals surface area (Å²) in [5, 5.41) is 5.32. The van der Waals surface area contributed by atoms with Crippen LogP contribution < -0.4 is 5.32 Å². The zero-order chi connectivity index (χ0) is 8.32. The predicted octanol–water partition coefficient (Wildman–Crippen LogP) is 2.22. The first-order chi connectivity index (χ1) is 5.19. The second-order valence-electron chi connectivity index (χ2n) is 1.87. The minimum Gasteiger partial charge on any atom is -0.367 e. The van der Waals surface area contributed by atoms with Crippen LogP contribution in [0.1, 0.15) is 0 Å². The van der Waals surface area contributed by atoms with Crippen molar-refractivity contribution in [2.24, 2.45) is 4.99 Å². The fourth-order valence-corrected chi connectivity index (χ4v) is 1.14. The molecule has 2 nitrogen and oxygen atoms in total. The quantitative estimate of drug-likeness (QED) is 0.308. The van der Waals surface area contributed by atoms with Gasteiger partial charge in [0.25, 0.3) is 0 Å². The minimum atomic E-state index is -1.05. The Hall–Kier alpha value is -0.340. The Labute approximate surface area is 79.6 Å². The maximum absolute atomic E-state index is 5.90. The number of nitrogens with one attached hydrogen (secondary N) is 1. The topological polar surface area (TPSA) is 24.4 Å². The van der Waals surface area contributed by atoms with E-state index in [0.29, 0.717) is 5.03 Å². The summed E-state index contributed by atoms with van der Waals surface area (Å²) in [7, 11) is 0. The molecule has 1 rings (SSSR count). The molecule has 0 fully saturated rings. The van der Waals surface area contributed by atoms with Gasteiger partial charge in [0.15, 0.2) is 0 Å². The average molecular weight is 207 g/mol. The molecule has 58 valence electrons. The van der Waals surface area contributed by atoms with E-state index in [1.165, 1.54) is 0 Å². The summed E-state index contributed by atoms with van der Waals surface area (Å²) in [5.41, 5.74) is 0. The van der Waals surface area contributed by atoms with Crippen LogP contribution in [0.2, 0.25) is 0 Å². The first-order valence-electron chi connectivity index (χ1n) is 2.77. The standard InChI is InChI=1S/C6H4Cl2N2S/c7-5-3-9-2-1-6(5,8)10-4-11/h1-3,9H. The molecular weight excluding hydrogens is 203 g/mol. The summed E-state index contributed by atoms with van der Waals surface area (Å²) < 4.78 is 0. The lowest BCUT2D eigenvalue weighted by Gasteiger charge is -2.18. The zero-order valence-electron chi connectivity index (χ0n) is 5.34. The van der Waals surface area contributed by atoms with Crippen molar-refractivity contribution in [3.05, 3.63) is 23.5 Å². The van der Waals surface area contributed by atoms with Gasteiger partial charge in [-0.05, 0) is 18.3 Å². The first-order valence-corrected chi connectivity index (χ1v) is 3.93. The molecule has 11 heavy (non-hydrogen) atoms. The van der Waals surface area contributed by atoms with Gasteiger partial charge in [-0.1, -0.05) is 23.2 Å². The Morgan fingerprint density at radius 3 is 3.00 bits per heavy atom. The van der Waals surface area contributed by atoms with Crippen molar-refractivity contribution in [2.45, 2.75) is 5.00 Å². The van der Waals surface area contributed by atoms with Crippen LogP contribution in [0.4, 0.5) is 0 Å². The summed E-state index contributed by atoms with van der Waals surface area (Å²) in [6, 6.07) is 0. The molecule has 0 saturated heterocycles. The molecule has 1 heterocycles. The van der Waals surface area contributed by atoms with Gasteiger partial charge in [0, 0.05) is 12.4 Å². The number of nitrogens with zero attached hydrogens (tertiary/aromatic N) is 1. The number of hydrogen-bond acceptors (Lipinski definition) is 3. The lowest BCUT2D eigenvalue weighted by molar-refractivity contribution is 0.873. The fraction of sp³-hybridized carbons (Fsp3) is 0.167. The third kappa shape index (κ3) is 1.82. The van der Waals surface area contributed by atoms with E-state index in [-0.39, 0.29) is 0 Å². The van der Waals surface area contributed by atoms with Gasteiger partial charge in [-0.25, -0.2) is 0 Å². The first kappa shape index (κ1) is 8.75. The Balaban J connectivity index is 2.99. The van der Waals surface area contributed by atoms with E-state index >= 15 is 0 Å². The van der Waals surface area contributed by atoms with Crippen molar-refractivity contribution in [3.8, 4) is 0 Å². The maximum atomic E-state index is 5.90. The number of dihydropyridines is 1.